The second kappa shape index (κ2) is 6.72. The number of fused-ring (bicyclic) bond motifs is 1. The van der Waals surface area contributed by atoms with Crippen molar-refractivity contribution in [3.05, 3.63) is 35.4 Å². The minimum absolute atomic E-state index is 0.0105. The van der Waals surface area contributed by atoms with Gasteiger partial charge in [0.05, 0.1) is 5.92 Å². The van der Waals surface area contributed by atoms with Crippen LogP contribution in [0.5, 0.6) is 0 Å². The van der Waals surface area contributed by atoms with Crippen LogP contribution < -0.4 is 10.8 Å². The van der Waals surface area contributed by atoms with Gasteiger partial charge in [-0.3, -0.25) is 14.8 Å². The van der Waals surface area contributed by atoms with Gasteiger partial charge in [0.25, 0.3) is 0 Å². The molecular weight excluding hydrogens is 268 g/mol. The Labute approximate surface area is 124 Å². The third-order valence-electron chi connectivity index (χ3n) is 4.07. The van der Waals surface area contributed by atoms with Crippen LogP contribution in [-0.2, 0) is 22.4 Å². The van der Waals surface area contributed by atoms with E-state index in [0.717, 1.165) is 12.8 Å². The molecule has 0 saturated heterocycles. The molecule has 0 radical (unpaired) electrons. The van der Waals surface area contributed by atoms with Crippen LogP contribution in [0, 0.1) is 11.8 Å². The predicted octanol–water partition coefficient (Wildman–Crippen LogP) is 1.44. The van der Waals surface area contributed by atoms with Gasteiger partial charge in [0.15, 0.2) is 0 Å². The fourth-order valence-corrected chi connectivity index (χ4v) is 2.86. The predicted molar refractivity (Wildman–Crippen MR) is 78.7 cm³/mol. The molecule has 0 saturated carbocycles. The number of benzene rings is 1. The first-order valence-electron chi connectivity index (χ1n) is 7.31. The van der Waals surface area contributed by atoms with Crippen LogP contribution in [0.1, 0.15) is 31.4 Å². The third kappa shape index (κ3) is 3.82. The zero-order valence-electron chi connectivity index (χ0n) is 12.4. The number of amides is 2. The first-order chi connectivity index (χ1) is 10.0. The Morgan fingerprint density at radius 1 is 1.24 bits per heavy atom. The lowest BCUT2D eigenvalue weighted by atomic mass is 9.91. The summed E-state index contributed by atoms with van der Waals surface area (Å²) in [6.07, 6.45) is 1.76. The maximum absolute atomic E-state index is 12.1. The van der Waals surface area contributed by atoms with Crippen LogP contribution in [-0.4, -0.2) is 23.1 Å². The van der Waals surface area contributed by atoms with E-state index in [9.17, 15) is 9.59 Å². The fourth-order valence-electron chi connectivity index (χ4n) is 2.86. The summed E-state index contributed by atoms with van der Waals surface area (Å²) in [4.78, 5) is 23.7. The lowest BCUT2D eigenvalue weighted by Gasteiger charge is -2.19. The van der Waals surface area contributed by atoms with Gasteiger partial charge in [-0.2, -0.15) is 0 Å². The molecule has 1 atom stereocenters. The van der Waals surface area contributed by atoms with E-state index in [2.05, 4.69) is 17.4 Å². The highest BCUT2D eigenvalue weighted by atomic mass is 16.5. The van der Waals surface area contributed by atoms with E-state index in [1.54, 1.807) is 5.48 Å². The molecule has 2 amide bonds. The van der Waals surface area contributed by atoms with E-state index >= 15 is 0 Å². The summed E-state index contributed by atoms with van der Waals surface area (Å²) in [7, 11) is 0. The smallest absolute Gasteiger partial charge is 0.247 e. The van der Waals surface area contributed by atoms with E-state index in [0.29, 0.717) is 0 Å². The van der Waals surface area contributed by atoms with Gasteiger partial charge in [0.2, 0.25) is 11.8 Å². The van der Waals surface area contributed by atoms with Crippen molar-refractivity contribution in [3.8, 4) is 0 Å². The highest BCUT2D eigenvalue weighted by Crippen LogP contribution is 2.22. The summed E-state index contributed by atoms with van der Waals surface area (Å²) >= 11 is 0. The molecule has 0 heterocycles. The summed E-state index contributed by atoms with van der Waals surface area (Å²) in [5, 5.41) is 11.7. The Morgan fingerprint density at radius 3 is 2.29 bits per heavy atom. The number of hydroxylamine groups is 1. The normalized spacial score (nSPS) is 15.6. The molecule has 0 aliphatic heterocycles. The summed E-state index contributed by atoms with van der Waals surface area (Å²) in [5.74, 6) is -1.17. The Morgan fingerprint density at radius 2 is 1.81 bits per heavy atom. The Kier molecular flexibility index (Phi) is 4.96. The zero-order chi connectivity index (χ0) is 15.4. The minimum atomic E-state index is -0.515. The molecule has 0 spiro atoms. The van der Waals surface area contributed by atoms with Crippen LogP contribution in [0.15, 0.2) is 24.3 Å². The number of carbonyl (C=O) groups excluding carboxylic acids is 2. The molecule has 114 valence electrons. The highest BCUT2D eigenvalue weighted by molar-refractivity contribution is 5.85. The summed E-state index contributed by atoms with van der Waals surface area (Å²) in [5.41, 5.74) is 4.19. The SMILES string of the molecule is CC(C)C(CC(=O)NC1Cc2ccccc2C1)C(=O)NO. The minimum Gasteiger partial charge on any atom is -0.353 e. The van der Waals surface area contributed by atoms with Crippen molar-refractivity contribution in [1.29, 1.82) is 0 Å². The molecule has 1 unspecified atom stereocenters. The monoisotopic (exact) mass is 290 g/mol. The summed E-state index contributed by atoms with van der Waals surface area (Å²) in [6, 6.07) is 8.27. The first-order valence-corrected chi connectivity index (χ1v) is 7.31. The molecule has 0 bridgehead atoms. The van der Waals surface area contributed by atoms with E-state index in [1.165, 1.54) is 11.1 Å². The number of hydrogen-bond acceptors (Lipinski definition) is 3. The van der Waals surface area contributed by atoms with Gasteiger partial charge >= 0.3 is 0 Å². The van der Waals surface area contributed by atoms with Crippen LogP contribution in [0.2, 0.25) is 0 Å². The van der Waals surface area contributed by atoms with Crippen molar-refractivity contribution in [2.24, 2.45) is 11.8 Å². The van der Waals surface area contributed by atoms with Gasteiger partial charge < -0.3 is 5.32 Å². The van der Waals surface area contributed by atoms with E-state index < -0.39 is 11.8 Å². The van der Waals surface area contributed by atoms with Crippen LogP contribution in [0.25, 0.3) is 0 Å². The maximum Gasteiger partial charge on any atom is 0.247 e. The third-order valence-corrected chi connectivity index (χ3v) is 4.07. The Hall–Kier alpha value is -1.88. The molecule has 2 rings (SSSR count). The largest absolute Gasteiger partial charge is 0.353 e. The van der Waals surface area contributed by atoms with Gasteiger partial charge in [0, 0.05) is 12.5 Å². The van der Waals surface area contributed by atoms with Gasteiger partial charge in [-0.05, 0) is 29.9 Å². The van der Waals surface area contributed by atoms with Gasteiger partial charge in [-0.15, -0.1) is 0 Å². The second-order valence-corrected chi connectivity index (χ2v) is 5.97. The van der Waals surface area contributed by atoms with Crippen LogP contribution in [0.3, 0.4) is 0 Å². The van der Waals surface area contributed by atoms with E-state index in [-0.39, 0.29) is 24.3 Å². The van der Waals surface area contributed by atoms with Crippen molar-refractivity contribution in [2.75, 3.05) is 0 Å². The number of carbonyl (C=O) groups is 2. The molecule has 1 aromatic carbocycles. The quantitative estimate of drug-likeness (QED) is 0.567. The van der Waals surface area contributed by atoms with Gasteiger partial charge in [-0.25, -0.2) is 5.48 Å². The van der Waals surface area contributed by atoms with Crippen molar-refractivity contribution in [2.45, 2.75) is 39.2 Å². The average molecular weight is 290 g/mol. The maximum atomic E-state index is 12.1. The molecule has 21 heavy (non-hydrogen) atoms. The van der Waals surface area contributed by atoms with Crippen molar-refractivity contribution in [3.63, 3.8) is 0 Å². The van der Waals surface area contributed by atoms with Gasteiger partial charge in [-0.1, -0.05) is 38.1 Å². The second-order valence-electron chi connectivity index (χ2n) is 5.97. The summed E-state index contributed by atoms with van der Waals surface area (Å²) in [6.45, 7) is 3.72. The molecule has 5 nitrogen and oxygen atoms in total. The standard InChI is InChI=1S/C16H22N2O3/c1-10(2)14(16(20)18-21)9-15(19)17-13-7-11-5-3-4-6-12(11)8-13/h3-6,10,13-14,21H,7-9H2,1-2H3,(H,17,19)(H,18,20). The molecule has 5 heteroatoms. The van der Waals surface area contributed by atoms with Gasteiger partial charge in [0.1, 0.15) is 0 Å². The molecule has 1 aliphatic carbocycles. The van der Waals surface area contributed by atoms with Crippen LogP contribution in [0.4, 0.5) is 0 Å². The highest BCUT2D eigenvalue weighted by Gasteiger charge is 2.27. The topological polar surface area (TPSA) is 78.4 Å². The molecule has 3 N–H and O–H groups in total. The fraction of sp³-hybridized carbons (Fsp3) is 0.500. The zero-order valence-corrected chi connectivity index (χ0v) is 12.4. The Bertz CT molecular complexity index is 503. The molecule has 1 aliphatic rings. The first kappa shape index (κ1) is 15.5. The van der Waals surface area contributed by atoms with Crippen molar-refractivity contribution >= 4 is 11.8 Å². The lowest BCUT2D eigenvalue weighted by molar-refractivity contribution is -0.138. The summed E-state index contributed by atoms with van der Waals surface area (Å²) < 4.78 is 0. The number of hydrogen-bond donors (Lipinski definition) is 3. The average Bonchev–Trinajstić information content (AvgIpc) is 2.85. The number of rotatable bonds is 5. The molecule has 1 aromatic rings. The van der Waals surface area contributed by atoms with Crippen molar-refractivity contribution < 1.29 is 14.8 Å². The molecule has 0 fully saturated rings. The van der Waals surface area contributed by atoms with E-state index in [4.69, 9.17) is 5.21 Å². The van der Waals surface area contributed by atoms with Crippen LogP contribution >= 0.6 is 0 Å². The molecule has 0 aromatic heterocycles. The number of nitrogens with one attached hydrogen (secondary N) is 2. The molecular formula is C16H22N2O3. The Balaban J connectivity index is 1.90. The van der Waals surface area contributed by atoms with E-state index in [1.807, 2.05) is 26.0 Å². The lowest BCUT2D eigenvalue weighted by Crippen LogP contribution is -2.40. The van der Waals surface area contributed by atoms with Crippen molar-refractivity contribution in [1.82, 2.24) is 10.8 Å².